The molecule has 0 saturated carbocycles. The van der Waals surface area contributed by atoms with Crippen LogP contribution in [0.1, 0.15) is 18.6 Å². The van der Waals surface area contributed by atoms with Gasteiger partial charge in [0.2, 0.25) is 0 Å². The van der Waals surface area contributed by atoms with Gasteiger partial charge in [-0.3, -0.25) is 4.79 Å². The summed E-state index contributed by atoms with van der Waals surface area (Å²) >= 11 is 0. The van der Waals surface area contributed by atoms with Crippen LogP contribution in [0, 0.1) is 0 Å². The molecule has 0 bridgehead atoms. The molecule has 5 rings (SSSR count). The van der Waals surface area contributed by atoms with Gasteiger partial charge in [-0.25, -0.2) is 0 Å². The van der Waals surface area contributed by atoms with Crippen molar-refractivity contribution < 1.29 is 63.8 Å². The van der Waals surface area contributed by atoms with Crippen molar-refractivity contribution in [2.75, 3.05) is 20.8 Å². The Hall–Kier alpha value is -3.31. The lowest BCUT2D eigenvalue weighted by Crippen LogP contribution is -2.61. The van der Waals surface area contributed by atoms with Crippen molar-refractivity contribution >= 4 is 11.0 Å². The summed E-state index contributed by atoms with van der Waals surface area (Å²) in [7, 11) is 2.78. The van der Waals surface area contributed by atoms with Crippen molar-refractivity contribution in [2.45, 2.75) is 68.1 Å². The highest BCUT2D eigenvalue weighted by Crippen LogP contribution is 2.45. The Morgan fingerprint density at radius 2 is 1.56 bits per heavy atom. The maximum Gasteiger partial charge on any atom is 0.197 e. The minimum Gasteiger partial charge on any atom is -0.507 e. The molecule has 0 radical (unpaired) electrons. The third kappa shape index (κ3) is 5.57. The number of fused-ring (bicyclic) bond motifs is 1. The number of aliphatic hydroxyl groups excluding tert-OH is 6. The quantitative estimate of drug-likeness (QED) is 0.181. The summed E-state index contributed by atoms with van der Waals surface area (Å²) in [6.07, 6.45) is -15.4. The van der Waals surface area contributed by atoms with Crippen molar-refractivity contribution in [1.82, 2.24) is 0 Å². The molecule has 2 aromatic carbocycles. The van der Waals surface area contributed by atoms with Crippen molar-refractivity contribution in [2.24, 2.45) is 0 Å². The van der Waals surface area contributed by atoms with Crippen LogP contribution in [0.4, 0.5) is 0 Å². The summed E-state index contributed by atoms with van der Waals surface area (Å²) < 4.78 is 34.3. The first-order valence-corrected chi connectivity index (χ1v) is 13.5. The first-order chi connectivity index (χ1) is 20.5. The zero-order valence-corrected chi connectivity index (χ0v) is 23.4. The zero-order chi connectivity index (χ0) is 31.2. The topological polar surface area (TPSA) is 218 Å². The van der Waals surface area contributed by atoms with Crippen molar-refractivity contribution in [1.29, 1.82) is 0 Å². The highest BCUT2D eigenvalue weighted by atomic mass is 16.7. The third-order valence-corrected chi connectivity index (χ3v) is 7.83. The molecule has 2 aliphatic rings. The lowest BCUT2D eigenvalue weighted by atomic mass is 9.89. The number of benzene rings is 2. The highest BCUT2D eigenvalue weighted by molar-refractivity contribution is 5.89. The highest BCUT2D eigenvalue weighted by Gasteiger charge is 2.51. The molecule has 0 unspecified atom stereocenters. The predicted molar refractivity (Wildman–Crippen MR) is 147 cm³/mol. The van der Waals surface area contributed by atoms with Crippen LogP contribution in [-0.4, -0.2) is 112 Å². The molecule has 2 saturated heterocycles. The van der Waals surface area contributed by atoms with E-state index < -0.39 is 79.0 Å². The van der Waals surface area contributed by atoms with Crippen LogP contribution in [0.15, 0.2) is 45.6 Å². The standard InChI is InChI=1S/C29H34O14/c1-11-21(33)23(35)25(37)29(40-11)43-28-24(36)22(34)18(10-30)42-27(28)20-17(39-3)9-15(32)19-14(31)8-16(41-26(19)20)12-4-6-13(38-2)7-5-12/h4-9,11,18,21-25,27-30,32-37H,10H2,1-3H3/t11-,18+,21-,22+,23+,24-,25+,27-,28+,29-/m0/s1. The maximum atomic E-state index is 13.3. The van der Waals surface area contributed by atoms with Crippen LogP contribution in [0.25, 0.3) is 22.3 Å². The predicted octanol–water partition coefficient (Wildman–Crippen LogP) is -0.451. The monoisotopic (exact) mass is 606 g/mol. The fourth-order valence-electron chi connectivity index (χ4n) is 5.40. The van der Waals surface area contributed by atoms with Gasteiger partial charge in [-0.15, -0.1) is 0 Å². The van der Waals surface area contributed by atoms with Gasteiger partial charge in [0, 0.05) is 17.7 Å². The van der Waals surface area contributed by atoms with Gasteiger partial charge in [0.1, 0.15) is 77.2 Å². The van der Waals surface area contributed by atoms with Gasteiger partial charge in [-0.1, -0.05) is 0 Å². The van der Waals surface area contributed by atoms with Crippen LogP contribution in [0.2, 0.25) is 0 Å². The average Bonchev–Trinajstić information content (AvgIpc) is 3.00. The van der Waals surface area contributed by atoms with E-state index in [1.54, 1.807) is 24.3 Å². The van der Waals surface area contributed by atoms with Crippen LogP contribution in [0.3, 0.4) is 0 Å². The second kappa shape index (κ2) is 12.4. The van der Waals surface area contributed by atoms with E-state index in [4.69, 9.17) is 28.1 Å². The van der Waals surface area contributed by atoms with E-state index in [1.807, 2.05) is 0 Å². The Balaban J connectivity index is 1.69. The number of phenols is 1. The number of hydrogen-bond donors (Lipinski definition) is 7. The number of aromatic hydroxyl groups is 1. The van der Waals surface area contributed by atoms with Gasteiger partial charge in [0.25, 0.3) is 0 Å². The van der Waals surface area contributed by atoms with E-state index in [0.29, 0.717) is 11.3 Å². The molecule has 3 aromatic rings. The molecule has 0 spiro atoms. The number of rotatable bonds is 7. The molecule has 1 aromatic heterocycles. The number of aliphatic hydroxyl groups is 6. The van der Waals surface area contributed by atoms with E-state index in [2.05, 4.69) is 0 Å². The Labute approximate surface area is 244 Å². The molecule has 10 atom stereocenters. The minimum absolute atomic E-state index is 0.0314. The first-order valence-electron chi connectivity index (χ1n) is 13.5. The van der Waals surface area contributed by atoms with Gasteiger partial charge in [-0.2, -0.15) is 0 Å². The van der Waals surface area contributed by atoms with Crippen LogP contribution in [-0.2, 0) is 14.2 Å². The Kier molecular flexibility index (Phi) is 8.94. The molecular formula is C29H34O14. The molecule has 7 N–H and O–H groups in total. The van der Waals surface area contributed by atoms with E-state index in [9.17, 15) is 40.5 Å². The molecule has 14 heteroatoms. The molecule has 43 heavy (non-hydrogen) atoms. The summed E-state index contributed by atoms with van der Waals surface area (Å²) in [5, 5.41) is 73.4. The SMILES string of the molecule is COc1ccc(-c2cc(=O)c3c(O)cc(OC)c([C@@H]4O[C@H](CO)[C@@H](O)[C@H](O)[C@H]4O[C@@H]4O[C@@H](C)[C@H](O)[C@@H](O)[C@H]4O)c3o2)cc1. The van der Waals surface area contributed by atoms with Gasteiger partial charge < -0.3 is 63.8 Å². The number of ether oxygens (including phenoxy) is 5. The maximum absolute atomic E-state index is 13.3. The first kappa shape index (κ1) is 31.1. The fraction of sp³-hybridized carbons (Fsp3) is 0.483. The van der Waals surface area contributed by atoms with E-state index in [-0.39, 0.29) is 28.0 Å². The van der Waals surface area contributed by atoms with Crippen molar-refractivity contribution in [3.63, 3.8) is 0 Å². The largest absolute Gasteiger partial charge is 0.507 e. The molecular weight excluding hydrogens is 572 g/mol. The van der Waals surface area contributed by atoms with Gasteiger partial charge >= 0.3 is 0 Å². The Bertz CT molecular complexity index is 1490. The second-order valence-electron chi connectivity index (χ2n) is 10.5. The van der Waals surface area contributed by atoms with Crippen LogP contribution >= 0.6 is 0 Å². The molecule has 0 aliphatic carbocycles. The lowest BCUT2D eigenvalue weighted by Gasteiger charge is -2.46. The molecule has 14 nitrogen and oxygen atoms in total. The summed E-state index contributed by atoms with van der Waals surface area (Å²) in [6, 6.07) is 8.94. The average molecular weight is 607 g/mol. The number of phenolic OH excluding ortho intramolecular Hbond substituents is 1. The molecule has 234 valence electrons. The smallest absolute Gasteiger partial charge is 0.197 e. The number of hydrogen-bond acceptors (Lipinski definition) is 14. The Morgan fingerprint density at radius 1 is 0.860 bits per heavy atom. The number of methoxy groups -OCH3 is 2. The fourth-order valence-corrected chi connectivity index (χ4v) is 5.40. The summed E-state index contributed by atoms with van der Waals surface area (Å²) in [4.78, 5) is 13.3. The van der Waals surface area contributed by atoms with Crippen molar-refractivity contribution in [3.8, 4) is 28.6 Å². The minimum atomic E-state index is -1.78. The molecule has 3 heterocycles. The van der Waals surface area contributed by atoms with Crippen LogP contribution in [0.5, 0.6) is 17.2 Å². The second-order valence-corrected chi connectivity index (χ2v) is 10.5. The molecule has 0 amide bonds. The van der Waals surface area contributed by atoms with Gasteiger partial charge in [0.05, 0.1) is 32.5 Å². The van der Waals surface area contributed by atoms with Gasteiger partial charge in [-0.05, 0) is 31.2 Å². The van der Waals surface area contributed by atoms with Crippen molar-refractivity contribution in [3.05, 3.63) is 52.2 Å². The normalized spacial score (nSPS) is 33.0. The zero-order valence-electron chi connectivity index (χ0n) is 23.4. The summed E-state index contributed by atoms with van der Waals surface area (Å²) in [5.74, 6) is 0.116. The summed E-state index contributed by atoms with van der Waals surface area (Å²) in [5.41, 5.74) is -0.383. The van der Waals surface area contributed by atoms with E-state index in [1.165, 1.54) is 27.2 Å². The Morgan fingerprint density at radius 3 is 2.19 bits per heavy atom. The van der Waals surface area contributed by atoms with Gasteiger partial charge in [0.15, 0.2) is 17.3 Å². The molecule has 2 fully saturated rings. The van der Waals surface area contributed by atoms with E-state index in [0.717, 1.165) is 6.07 Å². The summed E-state index contributed by atoms with van der Waals surface area (Å²) in [6.45, 7) is 0.704. The molecule has 2 aliphatic heterocycles. The third-order valence-electron chi connectivity index (χ3n) is 7.83. The van der Waals surface area contributed by atoms with E-state index >= 15 is 0 Å². The van der Waals surface area contributed by atoms with Crippen LogP contribution < -0.4 is 14.9 Å². The lowest BCUT2D eigenvalue weighted by molar-refractivity contribution is -0.338.